The van der Waals surface area contributed by atoms with Crippen molar-refractivity contribution in [1.82, 2.24) is 4.90 Å². The van der Waals surface area contributed by atoms with Crippen LogP contribution in [0.3, 0.4) is 0 Å². The van der Waals surface area contributed by atoms with Gasteiger partial charge < -0.3 is 25.0 Å². The van der Waals surface area contributed by atoms with E-state index in [0.29, 0.717) is 35.6 Å². The number of thioether (sulfide) groups is 1. The fourth-order valence-corrected chi connectivity index (χ4v) is 6.97. The van der Waals surface area contributed by atoms with E-state index in [9.17, 15) is 19.2 Å². The second kappa shape index (κ2) is 14.8. The van der Waals surface area contributed by atoms with Crippen molar-refractivity contribution in [2.24, 2.45) is 0 Å². The van der Waals surface area contributed by atoms with Crippen molar-refractivity contribution < 1.29 is 28.7 Å². The number of thiophene rings is 1. The Kier molecular flexibility index (Phi) is 11.1. The number of carbonyl (C=O) groups is 4. The molecular weight excluding hydrogens is 599 g/mol. The molecule has 0 spiro atoms. The van der Waals surface area contributed by atoms with E-state index in [-0.39, 0.29) is 31.4 Å². The van der Waals surface area contributed by atoms with Crippen LogP contribution < -0.4 is 10.6 Å². The summed E-state index contributed by atoms with van der Waals surface area (Å²) in [6.45, 7) is 9.99. The van der Waals surface area contributed by atoms with Crippen LogP contribution in [-0.4, -0.2) is 52.8 Å². The molecule has 0 radical (unpaired) electrons. The molecule has 1 unspecified atom stereocenters. The summed E-state index contributed by atoms with van der Waals surface area (Å²) in [5.74, 6) is -0.864. The van der Waals surface area contributed by atoms with Crippen LogP contribution in [0.5, 0.6) is 0 Å². The minimum absolute atomic E-state index is 0.124. The van der Waals surface area contributed by atoms with E-state index in [1.54, 1.807) is 11.8 Å². The van der Waals surface area contributed by atoms with Gasteiger partial charge in [0.2, 0.25) is 11.8 Å². The van der Waals surface area contributed by atoms with E-state index >= 15 is 0 Å². The van der Waals surface area contributed by atoms with Crippen LogP contribution in [0.25, 0.3) is 0 Å². The molecule has 0 saturated carbocycles. The Morgan fingerprint density at radius 2 is 1.77 bits per heavy atom. The monoisotopic (exact) mass is 637 g/mol. The summed E-state index contributed by atoms with van der Waals surface area (Å²) >= 11 is 2.67. The maximum absolute atomic E-state index is 13.6. The Morgan fingerprint density at radius 1 is 1.02 bits per heavy atom. The summed E-state index contributed by atoms with van der Waals surface area (Å²) in [5.41, 5.74) is 2.10. The van der Waals surface area contributed by atoms with Gasteiger partial charge in [-0.25, -0.2) is 9.59 Å². The summed E-state index contributed by atoms with van der Waals surface area (Å²) in [5, 5.41) is 5.88. The predicted molar refractivity (Wildman–Crippen MR) is 174 cm³/mol. The van der Waals surface area contributed by atoms with Gasteiger partial charge in [0.25, 0.3) is 0 Å². The largest absolute Gasteiger partial charge is 0.462 e. The molecule has 1 aliphatic heterocycles. The van der Waals surface area contributed by atoms with E-state index in [1.165, 1.54) is 23.1 Å². The summed E-state index contributed by atoms with van der Waals surface area (Å²) in [7, 11) is 0. The third-order valence-corrected chi connectivity index (χ3v) is 9.18. The van der Waals surface area contributed by atoms with Crippen LogP contribution in [0.1, 0.15) is 67.4 Å². The number of rotatable bonds is 10. The van der Waals surface area contributed by atoms with Gasteiger partial charge >= 0.3 is 12.1 Å². The van der Waals surface area contributed by atoms with Gasteiger partial charge in [0.05, 0.1) is 30.4 Å². The van der Waals surface area contributed by atoms with Crippen LogP contribution in [0, 0.1) is 0 Å². The smallest absolute Gasteiger partial charge is 0.410 e. The average molecular weight is 638 g/mol. The molecule has 2 aromatic carbocycles. The molecule has 1 atom stereocenters. The van der Waals surface area contributed by atoms with Crippen molar-refractivity contribution in [3.63, 3.8) is 0 Å². The summed E-state index contributed by atoms with van der Waals surface area (Å²) in [6, 6.07) is 16.9. The molecule has 0 bridgehead atoms. The Morgan fingerprint density at radius 3 is 2.45 bits per heavy atom. The Hall–Kier alpha value is -3.83. The molecule has 0 fully saturated rings. The molecule has 234 valence electrons. The number of hydrogen-bond acceptors (Lipinski definition) is 8. The van der Waals surface area contributed by atoms with E-state index in [4.69, 9.17) is 9.47 Å². The highest BCUT2D eigenvalue weighted by Gasteiger charge is 2.33. The molecule has 1 aromatic heterocycles. The topological polar surface area (TPSA) is 114 Å². The number of esters is 1. The molecule has 11 heteroatoms. The number of carbonyl (C=O) groups excluding carboxylic acids is 4. The number of amides is 3. The summed E-state index contributed by atoms with van der Waals surface area (Å²) in [6.07, 6.45) is 0.833. The number of hydrogen-bond donors (Lipinski definition) is 2. The molecule has 3 amide bonds. The van der Waals surface area contributed by atoms with E-state index in [2.05, 4.69) is 10.6 Å². The minimum atomic E-state index is -0.623. The first-order valence-electron chi connectivity index (χ1n) is 14.7. The normalized spacial score (nSPS) is 13.4. The second-order valence-electron chi connectivity index (χ2n) is 11.3. The SMILES string of the molecule is CCOC(=O)c1c(NC(=O)C(CC)Sc2cccc(NC(=O)Cc3ccccc3)c2)sc2c1CCN(C(=O)OC(C)(C)C)C2. The van der Waals surface area contributed by atoms with Crippen LogP contribution in [0.4, 0.5) is 15.5 Å². The van der Waals surface area contributed by atoms with Crippen molar-refractivity contribution in [2.45, 2.75) is 76.2 Å². The number of nitrogens with zero attached hydrogens (tertiary/aromatic N) is 1. The number of anilines is 2. The average Bonchev–Trinajstić information content (AvgIpc) is 3.32. The third-order valence-electron chi connectivity index (χ3n) is 6.69. The van der Waals surface area contributed by atoms with E-state index in [0.717, 1.165) is 20.9 Å². The lowest BCUT2D eigenvalue weighted by atomic mass is 10.0. The van der Waals surface area contributed by atoms with Crippen LogP contribution in [0.15, 0.2) is 59.5 Å². The number of nitrogens with one attached hydrogen (secondary N) is 2. The number of fused-ring (bicyclic) bond motifs is 1. The van der Waals surface area contributed by atoms with Gasteiger partial charge in [-0.1, -0.05) is 43.3 Å². The molecule has 3 aromatic rings. The lowest BCUT2D eigenvalue weighted by Gasteiger charge is -2.30. The second-order valence-corrected chi connectivity index (χ2v) is 13.7. The van der Waals surface area contributed by atoms with Crippen molar-refractivity contribution in [2.75, 3.05) is 23.8 Å². The molecule has 4 rings (SSSR count). The first-order valence-corrected chi connectivity index (χ1v) is 16.4. The summed E-state index contributed by atoms with van der Waals surface area (Å²) < 4.78 is 10.9. The molecule has 2 N–H and O–H groups in total. The zero-order chi connectivity index (χ0) is 31.9. The van der Waals surface area contributed by atoms with Gasteiger partial charge in [0.1, 0.15) is 10.6 Å². The fourth-order valence-electron chi connectivity index (χ4n) is 4.71. The quantitative estimate of drug-likeness (QED) is 0.183. The highest BCUT2D eigenvalue weighted by Crippen LogP contribution is 2.39. The van der Waals surface area contributed by atoms with Crippen LogP contribution in [0.2, 0.25) is 0 Å². The first kappa shape index (κ1) is 33.1. The third kappa shape index (κ3) is 8.86. The predicted octanol–water partition coefficient (Wildman–Crippen LogP) is 6.91. The van der Waals surface area contributed by atoms with Crippen molar-refractivity contribution in [3.8, 4) is 0 Å². The highest BCUT2D eigenvalue weighted by atomic mass is 32.2. The minimum Gasteiger partial charge on any atom is -0.462 e. The first-order chi connectivity index (χ1) is 21.0. The Labute approximate surface area is 266 Å². The van der Waals surface area contributed by atoms with Gasteiger partial charge in [0, 0.05) is 22.0 Å². The van der Waals surface area contributed by atoms with Gasteiger partial charge in [-0.05, 0) is 69.9 Å². The standard InChI is InChI=1S/C33H39N3O6S2/c1-6-25(43-23-15-11-14-22(19-23)34-27(37)18-21-12-9-8-10-13-21)29(38)35-30-28(31(39)41-7-2)24-16-17-36(20-26(24)44-30)32(40)42-33(3,4)5/h8-15,19,25H,6-7,16-18,20H2,1-5H3,(H,34,37)(H,35,38). The Bertz CT molecular complexity index is 1500. The van der Waals surface area contributed by atoms with Crippen LogP contribution >= 0.6 is 23.1 Å². The van der Waals surface area contributed by atoms with Gasteiger partial charge in [0.15, 0.2) is 0 Å². The Balaban J connectivity index is 1.47. The molecule has 1 aliphatic rings. The zero-order valence-electron chi connectivity index (χ0n) is 25.7. The highest BCUT2D eigenvalue weighted by molar-refractivity contribution is 8.00. The summed E-state index contributed by atoms with van der Waals surface area (Å²) in [4.78, 5) is 55.1. The van der Waals surface area contributed by atoms with Crippen molar-refractivity contribution in [3.05, 3.63) is 76.2 Å². The molecule has 44 heavy (non-hydrogen) atoms. The molecule has 0 aliphatic carbocycles. The van der Waals surface area contributed by atoms with Crippen LogP contribution in [-0.2, 0) is 38.4 Å². The van der Waals surface area contributed by atoms with E-state index in [1.807, 2.05) is 82.3 Å². The molecule has 2 heterocycles. The fraction of sp³-hybridized carbons (Fsp3) is 0.394. The lowest BCUT2D eigenvalue weighted by molar-refractivity contribution is -0.116. The van der Waals surface area contributed by atoms with Gasteiger partial charge in [-0.3, -0.25) is 9.59 Å². The van der Waals surface area contributed by atoms with Crippen molar-refractivity contribution in [1.29, 1.82) is 0 Å². The van der Waals surface area contributed by atoms with E-state index < -0.39 is 22.9 Å². The maximum Gasteiger partial charge on any atom is 0.410 e. The van der Waals surface area contributed by atoms with Gasteiger partial charge in [-0.15, -0.1) is 23.1 Å². The van der Waals surface area contributed by atoms with Crippen molar-refractivity contribution >= 4 is 57.7 Å². The zero-order valence-corrected chi connectivity index (χ0v) is 27.4. The molecular formula is C33H39N3O6S2. The molecule has 9 nitrogen and oxygen atoms in total. The number of benzene rings is 2. The van der Waals surface area contributed by atoms with Gasteiger partial charge in [-0.2, -0.15) is 0 Å². The molecule has 0 saturated heterocycles. The maximum atomic E-state index is 13.6. The lowest BCUT2D eigenvalue weighted by Crippen LogP contribution is -2.39. The number of ether oxygens (including phenoxy) is 2.